The first-order valence-corrected chi connectivity index (χ1v) is 7.30. The molecule has 24 heavy (non-hydrogen) atoms. The Hall–Kier alpha value is -2.98. The van der Waals surface area contributed by atoms with Gasteiger partial charge < -0.3 is 24.6 Å². The second-order valence-electron chi connectivity index (χ2n) is 5.17. The summed E-state index contributed by atoms with van der Waals surface area (Å²) in [6.07, 6.45) is -0.842. The normalized spacial score (nSPS) is 13.2. The van der Waals surface area contributed by atoms with E-state index in [0.29, 0.717) is 17.2 Å². The van der Waals surface area contributed by atoms with Gasteiger partial charge >= 0.3 is 0 Å². The van der Waals surface area contributed by atoms with Crippen LogP contribution in [0.2, 0.25) is 0 Å². The lowest BCUT2D eigenvalue weighted by Crippen LogP contribution is -2.26. The van der Waals surface area contributed by atoms with Crippen LogP contribution in [-0.2, 0) is 0 Å². The zero-order valence-corrected chi connectivity index (χ0v) is 12.7. The molecule has 6 nitrogen and oxygen atoms in total. The monoisotopic (exact) mass is 330 g/mol. The fourth-order valence-electron chi connectivity index (χ4n) is 2.17. The zero-order chi connectivity index (χ0) is 16.9. The quantitative estimate of drug-likeness (QED) is 0.845. The van der Waals surface area contributed by atoms with Crippen LogP contribution in [0.5, 0.6) is 17.2 Å². The van der Waals surface area contributed by atoms with E-state index in [1.54, 1.807) is 18.2 Å². The molecule has 0 saturated heterocycles. The number of aliphatic hydroxyl groups is 1. The van der Waals surface area contributed by atoms with Crippen LogP contribution in [0.25, 0.3) is 0 Å². The Kier molecular flexibility index (Phi) is 4.68. The topological polar surface area (TPSA) is 83.7 Å². The average molecular weight is 330 g/mol. The predicted octanol–water partition coefficient (Wildman–Crippen LogP) is 2.28. The lowest BCUT2D eigenvalue weighted by molar-refractivity contribution is 0.117. The van der Waals surface area contributed by atoms with Crippen LogP contribution in [0.1, 0.15) is 5.56 Å². The van der Waals surface area contributed by atoms with Crippen LogP contribution in [0.15, 0.2) is 36.4 Å². The van der Waals surface area contributed by atoms with Gasteiger partial charge in [-0.2, -0.15) is 5.26 Å². The summed E-state index contributed by atoms with van der Waals surface area (Å²) in [7, 11) is 0. The van der Waals surface area contributed by atoms with Gasteiger partial charge in [-0.25, -0.2) is 4.39 Å². The van der Waals surface area contributed by atoms with Crippen molar-refractivity contribution in [1.82, 2.24) is 0 Å². The maximum absolute atomic E-state index is 13.7. The maximum Gasteiger partial charge on any atom is 0.231 e. The average Bonchev–Trinajstić information content (AvgIpc) is 3.06. The van der Waals surface area contributed by atoms with Gasteiger partial charge in [0.25, 0.3) is 0 Å². The molecule has 3 rings (SSSR count). The Morgan fingerprint density at radius 1 is 1.25 bits per heavy atom. The van der Waals surface area contributed by atoms with Crippen molar-refractivity contribution in [2.24, 2.45) is 0 Å². The first-order valence-electron chi connectivity index (χ1n) is 7.30. The van der Waals surface area contributed by atoms with Crippen molar-refractivity contribution in [3.8, 4) is 23.3 Å². The molecule has 0 fully saturated rings. The molecule has 1 aliphatic heterocycles. The van der Waals surface area contributed by atoms with Crippen LogP contribution < -0.4 is 19.5 Å². The van der Waals surface area contributed by atoms with Crippen LogP contribution in [0, 0.1) is 17.1 Å². The van der Waals surface area contributed by atoms with Crippen LogP contribution in [0.4, 0.5) is 10.1 Å². The number of ether oxygens (including phenoxy) is 3. The Morgan fingerprint density at radius 2 is 2.08 bits per heavy atom. The number of nitrogens with zero attached hydrogens (tertiary/aromatic N) is 1. The van der Waals surface area contributed by atoms with Gasteiger partial charge in [-0.1, -0.05) is 0 Å². The number of hydrogen-bond donors (Lipinski definition) is 2. The van der Waals surface area contributed by atoms with E-state index in [4.69, 9.17) is 19.5 Å². The van der Waals surface area contributed by atoms with E-state index < -0.39 is 11.9 Å². The van der Waals surface area contributed by atoms with Gasteiger partial charge in [0.05, 0.1) is 17.3 Å². The highest BCUT2D eigenvalue weighted by Gasteiger charge is 2.14. The van der Waals surface area contributed by atoms with Crippen molar-refractivity contribution in [2.75, 3.05) is 25.3 Å². The van der Waals surface area contributed by atoms with Crippen LogP contribution >= 0.6 is 0 Å². The Balaban J connectivity index is 1.49. The number of nitriles is 1. The predicted molar refractivity (Wildman–Crippen MR) is 83.7 cm³/mol. The molecule has 2 N–H and O–H groups in total. The summed E-state index contributed by atoms with van der Waals surface area (Å²) >= 11 is 0. The standard InChI is InChI=1S/C17H15FN2O4/c18-14-5-11(7-19)1-3-15(14)20-8-12(21)9-22-13-2-4-16-17(6-13)24-10-23-16/h1-6,12,20-21H,8-10H2. The molecule has 124 valence electrons. The highest BCUT2D eigenvalue weighted by atomic mass is 19.1. The summed E-state index contributed by atoms with van der Waals surface area (Å²) in [4.78, 5) is 0. The van der Waals surface area contributed by atoms with Gasteiger partial charge in [0, 0.05) is 12.6 Å². The molecule has 0 aromatic heterocycles. The van der Waals surface area contributed by atoms with E-state index >= 15 is 0 Å². The SMILES string of the molecule is N#Cc1ccc(NCC(O)COc2ccc3c(c2)OCO3)c(F)c1. The lowest BCUT2D eigenvalue weighted by atomic mass is 10.2. The molecular formula is C17H15FN2O4. The fraction of sp³-hybridized carbons (Fsp3) is 0.235. The summed E-state index contributed by atoms with van der Waals surface area (Å²) in [5, 5.41) is 21.4. The van der Waals surface area contributed by atoms with Gasteiger partial charge in [-0.15, -0.1) is 0 Å². The van der Waals surface area contributed by atoms with Crippen molar-refractivity contribution in [1.29, 1.82) is 5.26 Å². The third-order valence-corrected chi connectivity index (χ3v) is 3.41. The summed E-state index contributed by atoms with van der Waals surface area (Å²) < 4.78 is 29.6. The molecule has 1 heterocycles. The molecule has 0 bridgehead atoms. The minimum atomic E-state index is -0.842. The summed E-state index contributed by atoms with van der Waals surface area (Å²) in [5.74, 6) is 1.25. The third-order valence-electron chi connectivity index (χ3n) is 3.41. The van der Waals surface area contributed by atoms with E-state index in [1.165, 1.54) is 12.1 Å². The van der Waals surface area contributed by atoms with E-state index in [2.05, 4.69) is 5.32 Å². The molecule has 0 saturated carbocycles. The van der Waals surface area contributed by atoms with Crippen molar-refractivity contribution < 1.29 is 23.7 Å². The van der Waals surface area contributed by atoms with Crippen LogP contribution in [-0.4, -0.2) is 31.2 Å². The minimum absolute atomic E-state index is 0.0323. The zero-order valence-electron chi connectivity index (χ0n) is 12.7. The van der Waals surface area contributed by atoms with E-state index in [1.807, 2.05) is 6.07 Å². The number of anilines is 1. The molecule has 2 aromatic rings. The van der Waals surface area contributed by atoms with E-state index in [-0.39, 0.29) is 31.2 Å². The Morgan fingerprint density at radius 3 is 2.88 bits per heavy atom. The Bertz CT molecular complexity index is 776. The van der Waals surface area contributed by atoms with Gasteiger partial charge in [0.15, 0.2) is 11.5 Å². The molecule has 0 amide bonds. The maximum atomic E-state index is 13.7. The summed E-state index contributed by atoms with van der Waals surface area (Å²) in [6.45, 7) is 0.319. The number of aliphatic hydroxyl groups excluding tert-OH is 1. The molecule has 0 radical (unpaired) electrons. The second kappa shape index (κ2) is 7.06. The number of rotatable bonds is 6. The van der Waals surface area contributed by atoms with Gasteiger partial charge in [0.2, 0.25) is 6.79 Å². The third kappa shape index (κ3) is 3.67. The molecular weight excluding hydrogens is 315 g/mol. The first-order chi connectivity index (χ1) is 11.7. The fourth-order valence-corrected chi connectivity index (χ4v) is 2.17. The number of halogens is 1. The number of hydrogen-bond acceptors (Lipinski definition) is 6. The minimum Gasteiger partial charge on any atom is -0.491 e. The molecule has 1 atom stereocenters. The first kappa shape index (κ1) is 15.9. The largest absolute Gasteiger partial charge is 0.491 e. The molecule has 7 heteroatoms. The molecule has 1 unspecified atom stereocenters. The van der Waals surface area contributed by atoms with E-state index in [0.717, 1.165) is 6.07 Å². The second-order valence-corrected chi connectivity index (χ2v) is 5.17. The highest BCUT2D eigenvalue weighted by molar-refractivity contribution is 5.49. The number of benzene rings is 2. The molecule has 0 aliphatic carbocycles. The molecule has 0 spiro atoms. The van der Waals surface area contributed by atoms with Gasteiger partial charge in [0.1, 0.15) is 24.3 Å². The number of fused-ring (bicyclic) bond motifs is 1. The number of nitrogens with one attached hydrogen (secondary N) is 1. The summed E-state index contributed by atoms with van der Waals surface area (Å²) in [5.41, 5.74) is 0.459. The van der Waals surface area contributed by atoms with Crippen molar-refractivity contribution in [3.63, 3.8) is 0 Å². The van der Waals surface area contributed by atoms with E-state index in [9.17, 15) is 9.50 Å². The highest BCUT2D eigenvalue weighted by Crippen LogP contribution is 2.35. The smallest absolute Gasteiger partial charge is 0.231 e. The van der Waals surface area contributed by atoms with Crippen molar-refractivity contribution in [2.45, 2.75) is 6.10 Å². The van der Waals surface area contributed by atoms with Gasteiger partial charge in [-0.3, -0.25) is 0 Å². The lowest BCUT2D eigenvalue weighted by Gasteiger charge is -2.14. The summed E-state index contributed by atoms with van der Waals surface area (Å²) in [6, 6.07) is 11.1. The van der Waals surface area contributed by atoms with Gasteiger partial charge in [-0.05, 0) is 30.3 Å². The van der Waals surface area contributed by atoms with Crippen molar-refractivity contribution >= 4 is 5.69 Å². The molecule has 1 aliphatic rings. The van der Waals surface area contributed by atoms with Crippen molar-refractivity contribution in [3.05, 3.63) is 47.8 Å². The Labute approximate surface area is 138 Å². The molecule has 2 aromatic carbocycles. The van der Waals surface area contributed by atoms with Crippen LogP contribution in [0.3, 0.4) is 0 Å².